The molecule has 0 aliphatic heterocycles. The molecule has 0 spiro atoms. The van der Waals surface area contributed by atoms with Gasteiger partial charge in [-0.3, -0.25) is 9.59 Å². The lowest BCUT2D eigenvalue weighted by Gasteiger charge is -2.16. The van der Waals surface area contributed by atoms with Gasteiger partial charge in [0.15, 0.2) is 17.3 Å². The fourth-order valence-electron chi connectivity index (χ4n) is 4.08. The van der Waals surface area contributed by atoms with Gasteiger partial charge in [-0.2, -0.15) is 0 Å². The molecule has 2 N–H and O–H groups in total. The Hall–Kier alpha value is -2.87. The van der Waals surface area contributed by atoms with E-state index >= 15 is 0 Å². The van der Waals surface area contributed by atoms with Crippen LogP contribution in [0, 0.1) is 0 Å². The first-order valence-electron chi connectivity index (χ1n) is 9.90. The third kappa shape index (κ3) is 3.80. The second-order valence-corrected chi connectivity index (χ2v) is 7.14. The van der Waals surface area contributed by atoms with Crippen LogP contribution in [0.1, 0.15) is 22.3 Å². The first-order chi connectivity index (χ1) is 14.6. The molecule has 1 aliphatic carbocycles. The van der Waals surface area contributed by atoms with Gasteiger partial charge in [0.05, 0.1) is 32.1 Å². The minimum absolute atomic E-state index is 0. The Morgan fingerprint density at radius 3 is 2.26 bits per heavy atom. The Morgan fingerprint density at radius 1 is 0.968 bits per heavy atom. The summed E-state index contributed by atoms with van der Waals surface area (Å²) >= 11 is 0. The number of aliphatic hydroxyl groups is 1. The Kier molecular flexibility index (Phi) is 7.00. The van der Waals surface area contributed by atoms with E-state index in [2.05, 4.69) is 5.32 Å². The SMILES string of the molecule is COc1cc2c(cc1OC)-c1c(c3ccccc3c(=O)n1CCCNCCO)C2=O.Cl. The van der Waals surface area contributed by atoms with Crippen LogP contribution in [-0.4, -0.2) is 49.4 Å². The van der Waals surface area contributed by atoms with Crippen LogP contribution in [0.4, 0.5) is 0 Å². The van der Waals surface area contributed by atoms with Gasteiger partial charge in [-0.1, -0.05) is 18.2 Å². The number of ether oxygens (including phenoxy) is 2. The molecule has 31 heavy (non-hydrogen) atoms. The van der Waals surface area contributed by atoms with E-state index in [1.807, 2.05) is 18.2 Å². The smallest absolute Gasteiger partial charge is 0.258 e. The van der Waals surface area contributed by atoms with Gasteiger partial charge >= 0.3 is 0 Å². The van der Waals surface area contributed by atoms with Gasteiger partial charge in [-0.05, 0) is 31.2 Å². The lowest BCUT2D eigenvalue weighted by Crippen LogP contribution is -2.26. The summed E-state index contributed by atoms with van der Waals surface area (Å²) in [5.74, 6) is 0.863. The third-order valence-electron chi connectivity index (χ3n) is 5.45. The van der Waals surface area contributed by atoms with Crippen LogP contribution in [0.15, 0.2) is 41.2 Å². The number of methoxy groups -OCH3 is 2. The molecule has 4 rings (SSSR count). The standard InChI is InChI=1S/C23H24N2O5.ClH/c1-29-18-12-16-17(13-19(18)30-2)22(27)20-14-6-3-4-7-15(14)23(28)25(21(16)20)10-5-8-24-9-11-26;/h3-4,6-7,12-13,24,26H,5,8-11H2,1-2H3;1H. The van der Waals surface area contributed by atoms with Crippen LogP contribution in [0.5, 0.6) is 11.5 Å². The van der Waals surface area contributed by atoms with Crippen LogP contribution in [0.2, 0.25) is 0 Å². The number of fused-ring (bicyclic) bond motifs is 5. The molecular formula is C23H25ClN2O5. The van der Waals surface area contributed by atoms with E-state index < -0.39 is 0 Å². The quantitative estimate of drug-likeness (QED) is 0.406. The maximum atomic E-state index is 13.4. The average Bonchev–Trinajstić information content (AvgIpc) is 3.06. The van der Waals surface area contributed by atoms with Crippen LogP contribution in [-0.2, 0) is 6.54 Å². The largest absolute Gasteiger partial charge is 0.493 e. The maximum Gasteiger partial charge on any atom is 0.258 e. The molecule has 0 saturated heterocycles. The highest BCUT2D eigenvalue weighted by Gasteiger charge is 2.34. The summed E-state index contributed by atoms with van der Waals surface area (Å²) in [6.45, 7) is 1.67. The molecule has 3 aromatic rings. The van der Waals surface area contributed by atoms with Crippen LogP contribution < -0.4 is 20.3 Å². The minimum Gasteiger partial charge on any atom is -0.493 e. The number of pyridine rings is 1. The highest BCUT2D eigenvalue weighted by atomic mass is 35.5. The van der Waals surface area contributed by atoms with Crippen molar-refractivity contribution < 1.29 is 19.4 Å². The molecule has 0 radical (unpaired) electrons. The van der Waals surface area contributed by atoms with E-state index in [-0.39, 0.29) is 30.4 Å². The normalized spacial score (nSPS) is 11.8. The first-order valence-corrected chi connectivity index (χ1v) is 9.90. The maximum absolute atomic E-state index is 13.4. The van der Waals surface area contributed by atoms with Crippen molar-refractivity contribution in [2.75, 3.05) is 33.9 Å². The number of rotatable bonds is 8. The fourth-order valence-corrected chi connectivity index (χ4v) is 4.08. The van der Waals surface area contributed by atoms with Crippen molar-refractivity contribution in [1.82, 2.24) is 9.88 Å². The molecule has 2 aromatic carbocycles. The van der Waals surface area contributed by atoms with Gasteiger partial charge in [0.2, 0.25) is 0 Å². The minimum atomic E-state index is -0.123. The number of nitrogens with one attached hydrogen (secondary N) is 1. The molecule has 8 heteroatoms. The zero-order valence-electron chi connectivity index (χ0n) is 17.4. The van der Waals surface area contributed by atoms with E-state index in [4.69, 9.17) is 14.6 Å². The summed E-state index contributed by atoms with van der Waals surface area (Å²) in [5.41, 5.74) is 2.23. The van der Waals surface area contributed by atoms with Gasteiger partial charge in [0, 0.05) is 35.0 Å². The number of aromatic nitrogens is 1. The van der Waals surface area contributed by atoms with E-state index in [0.29, 0.717) is 70.7 Å². The first kappa shape index (κ1) is 22.8. The molecule has 1 aromatic heterocycles. The molecule has 0 fully saturated rings. The van der Waals surface area contributed by atoms with Gasteiger partial charge in [-0.25, -0.2) is 0 Å². The van der Waals surface area contributed by atoms with Crippen molar-refractivity contribution in [3.63, 3.8) is 0 Å². The summed E-state index contributed by atoms with van der Waals surface area (Å²) in [4.78, 5) is 26.7. The van der Waals surface area contributed by atoms with Gasteiger partial charge in [0.1, 0.15) is 0 Å². The lowest BCUT2D eigenvalue weighted by molar-refractivity contribution is 0.104. The summed E-state index contributed by atoms with van der Waals surface area (Å²) in [6.07, 6.45) is 0.682. The topological polar surface area (TPSA) is 89.8 Å². The van der Waals surface area contributed by atoms with E-state index in [1.54, 1.807) is 29.9 Å². The number of carbonyl (C=O) groups is 1. The molecule has 0 atom stereocenters. The van der Waals surface area contributed by atoms with Crippen molar-refractivity contribution in [1.29, 1.82) is 0 Å². The zero-order valence-corrected chi connectivity index (χ0v) is 18.3. The molecular weight excluding hydrogens is 420 g/mol. The molecule has 0 bridgehead atoms. The Bertz CT molecular complexity index is 1190. The van der Waals surface area contributed by atoms with Crippen molar-refractivity contribution in [3.05, 3.63) is 57.9 Å². The van der Waals surface area contributed by atoms with Gasteiger partial charge in [0.25, 0.3) is 5.56 Å². The summed E-state index contributed by atoms with van der Waals surface area (Å²) in [7, 11) is 3.07. The molecule has 1 aliphatic rings. The molecule has 1 heterocycles. The highest BCUT2D eigenvalue weighted by Crippen LogP contribution is 2.44. The zero-order chi connectivity index (χ0) is 21.3. The molecule has 0 saturated carbocycles. The molecule has 0 amide bonds. The van der Waals surface area contributed by atoms with Gasteiger partial charge < -0.3 is 24.5 Å². The van der Waals surface area contributed by atoms with E-state index in [1.165, 1.54) is 7.11 Å². The number of ketones is 1. The van der Waals surface area contributed by atoms with Crippen LogP contribution >= 0.6 is 12.4 Å². The summed E-state index contributed by atoms with van der Waals surface area (Å²) in [6, 6.07) is 10.7. The predicted octanol–water partition coefficient (Wildman–Crippen LogP) is 2.62. The number of benzene rings is 2. The van der Waals surface area contributed by atoms with Crippen LogP contribution in [0.25, 0.3) is 22.0 Å². The lowest BCUT2D eigenvalue weighted by atomic mass is 10.0. The number of carbonyl (C=O) groups excluding carboxylic acids is 1. The average molecular weight is 445 g/mol. The van der Waals surface area contributed by atoms with E-state index in [9.17, 15) is 9.59 Å². The van der Waals surface area contributed by atoms with Crippen molar-refractivity contribution in [2.45, 2.75) is 13.0 Å². The number of halogens is 1. The second kappa shape index (κ2) is 9.51. The second-order valence-electron chi connectivity index (χ2n) is 7.14. The van der Waals surface area contributed by atoms with E-state index in [0.717, 1.165) is 0 Å². The van der Waals surface area contributed by atoms with Crippen molar-refractivity contribution in [3.8, 4) is 22.8 Å². The van der Waals surface area contributed by atoms with Crippen molar-refractivity contribution in [2.24, 2.45) is 0 Å². The molecule has 7 nitrogen and oxygen atoms in total. The predicted molar refractivity (Wildman–Crippen MR) is 122 cm³/mol. The number of nitrogens with zero attached hydrogens (tertiary/aromatic N) is 1. The number of hydrogen-bond acceptors (Lipinski definition) is 6. The summed E-state index contributed by atoms with van der Waals surface area (Å²) < 4.78 is 12.5. The highest BCUT2D eigenvalue weighted by molar-refractivity contribution is 6.27. The molecule has 164 valence electrons. The fraction of sp³-hybridized carbons (Fsp3) is 0.304. The van der Waals surface area contributed by atoms with Crippen molar-refractivity contribution >= 4 is 29.0 Å². The van der Waals surface area contributed by atoms with Crippen LogP contribution in [0.3, 0.4) is 0 Å². The Morgan fingerprint density at radius 2 is 1.61 bits per heavy atom. The molecule has 0 unspecified atom stereocenters. The van der Waals surface area contributed by atoms with Gasteiger partial charge in [-0.15, -0.1) is 12.4 Å². The monoisotopic (exact) mass is 444 g/mol. The number of aliphatic hydroxyl groups excluding tert-OH is 1. The Labute approximate surface area is 186 Å². The summed E-state index contributed by atoms with van der Waals surface area (Å²) in [5, 5.41) is 13.2. The third-order valence-corrected chi connectivity index (χ3v) is 5.45. The number of hydrogen-bond donors (Lipinski definition) is 2. The Balaban J connectivity index is 0.00000272.